The highest BCUT2D eigenvalue weighted by molar-refractivity contribution is 6.18. The van der Waals surface area contributed by atoms with Crippen LogP contribution in [-0.2, 0) is 9.53 Å². The standard InChI is InChI=1S/C13H23ClO2/c1-4-5-6-7-12(10-14)8-9-16-13(15)11(2)3/h12H,2,4-10H2,1,3H3. The first-order chi connectivity index (χ1) is 7.61. The number of rotatable bonds is 9. The molecule has 0 N–H and O–H groups in total. The first-order valence-electron chi connectivity index (χ1n) is 6.00. The number of carbonyl (C=O) groups excluding carboxylic acids is 1. The van der Waals surface area contributed by atoms with Crippen LogP contribution < -0.4 is 0 Å². The molecule has 0 aliphatic rings. The zero-order valence-electron chi connectivity index (χ0n) is 10.4. The summed E-state index contributed by atoms with van der Waals surface area (Å²) in [6.07, 6.45) is 5.66. The summed E-state index contributed by atoms with van der Waals surface area (Å²) in [5.41, 5.74) is 0.452. The number of hydrogen-bond donors (Lipinski definition) is 0. The average Bonchev–Trinajstić information content (AvgIpc) is 2.26. The van der Waals surface area contributed by atoms with E-state index in [9.17, 15) is 4.79 Å². The Labute approximate surface area is 104 Å². The normalized spacial score (nSPS) is 12.2. The lowest BCUT2D eigenvalue weighted by atomic mass is 10.0. The number of hydrogen-bond acceptors (Lipinski definition) is 2. The summed E-state index contributed by atoms with van der Waals surface area (Å²) in [6.45, 7) is 7.83. The summed E-state index contributed by atoms with van der Waals surface area (Å²) in [5.74, 6) is 0.807. The summed E-state index contributed by atoms with van der Waals surface area (Å²) >= 11 is 5.87. The molecule has 3 heteroatoms. The van der Waals surface area contributed by atoms with Crippen molar-refractivity contribution in [1.29, 1.82) is 0 Å². The summed E-state index contributed by atoms with van der Waals surface area (Å²) in [7, 11) is 0. The molecule has 0 spiro atoms. The molecule has 16 heavy (non-hydrogen) atoms. The van der Waals surface area contributed by atoms with Crippen LogP contribution in [0.3, 0.4) is 0 Å². The Morgan fingerprint density at radius 1 is 1.38 bits per heavy atom. The molecule has 0 saturated carbocycles. The van der Waals surface area contributed by atoms with Crippen molar-refractivity contribution < 1.29 is 9.53 Å². The van der Waals surface area contributed by atoms with Crippen molar-refractivity contribution in [3.05, 3.63) is 12.2 Å². The van der Waals surface area contributed by atoms with E-state index in [0.717, 1.165) is 12.8 Å². The minimum atomic E-state index is -0.304. The highest BCUT2D eigenvalue weighted by Crippen LogP contribution is 2.15. The van der Waals surface area contributed by atoms with Crippen molar-refractivity contribution in [2.24, 2.45) is 5.92 Å². The minimum Gasteiger partial charge on any atom is -0.462 e. The van der Waals surface area contributed by atoms with E-state index in [-0.39, 0.29) is 5.97 Å². The van der Waals surface area contributed by atoms with Crippen LogP contribution in [0.4, 0.5) is 0 Å². The molecule has 1 atom stereocenters. The molecule has 0 amide bonds. The van der Waals surface area contributed by atoms with Gasteiger partial charge in [0, 0.05) is 11.5 Å². The van der Waals surface area contributed by atoms with E-state index in [4.69, 9.17) is 16.3 Å². The van der Waals surface area contributed by atoms with Crippen molar-refractivity contribution in [3.8, 4) is 0 Å². The summed E-state index contributed by atoms with van der Waals surface area (Å²) in [5, 5.41) is 0. The maximum absolute atomic E-state index is 11.1. The Balaban J connectivity index is 3.62. The van der Waals surface area contributed by atoms with Crippen molar-refractivity contribution in [2.45, 2.75) is 46.0 Å². The number of esters is 1. The van der Waals surface area contributed by atoms with E-state index >= 15 is 0 Å². The molecule has 0 rings (SSSR count). The Kier molecular flexibility index (Phi) is 9.40. The number of carbonyl (C=O) groups is 1. The molecule has 94 valence electrons. The molecule has 0 fully saturated rings. The first kappa shape index (κ1) is 15.5. The molecule has 0 heterocycles. The molecule has 1 unspecified atom stereocenters. The summed E-state index contributed by atoms with van der Waals surface area (Å²) < 4.78 is 5.04. The van der Waals surface area contributed by atoms with Gasteiger partial charge in [-0.15, -0.1) is 11.6 Å². The smallest absolute Gasteiger partial charge is 0.333 e. The third-order valence-corrected chi connectivity index (χ3v) is 2.98. The molecular weight excluding hydrogens is 224 g/mol. The van der Waals surface area contributed by atoms with E-state index in [2.05, 4.69) is 13.5 Å². The van der Waals surface area contributed by atoms with Crippen LogP contribution in [0.25, 0.3) is 0 Å². The van der Waals surface area contributed by atoms with Crippen LogP contribution in [-0.4, -0.2) is 18.5 Å². The predicted molar refractivity (Wildman–Crippen MR) is 68.7 cm³/mol. The largest absolute Gasteiger partial charge is 0.462 e. The van der Waals surface area contributed by atoms with E-state index in [1.165, 1.54) is 19.3 Å². The highest BCUT2D eigenvalue weighted by Gasteiger charge is 2.09. The molecule has 0 aliphatic heterocycles. The number of alkyl halides is 1. The lowest BCUT2D eigenvalue weighted by molar-refractivity contribution is -0.139. The second-order valence-corrected chi connectivity index (χ2v) is 4.53. The Bertz CT molecular complexity index is 214. The topological polar surface area (TPSA) is 26.3 Å². The maximum Gasteiger partial charge on any atom is 0.333 e. The molecule has 0 saturated heterocycles. The summed E-state index contributed by atoms with van der Waals surface area (Å²) in [6, 6.07) is 0. The minimum absolute atomic E-state index is 0.304. The van der Waals surface area contributed by atoms with Crippen molar-refractivity contribution in [3.63, 3.8) is 0 Å². The van der Waals surface area contributed by atoms with Crippen LogP contribution in [0, 0.1) is 5.92 Å². The van der Waals surface area contributed by atoms with Gasteiger partial charge in [-0.2, -0.15) is 0 Å². The lowest BCUT2D eigenvalue weighted by Gasteiger charge is -2.13. The lowest BCUT2D eigenvalue weighted by Crippen LogP contribution is -2.11. The Morgan fingerprint density at radius 2 is 2.06 bits per heavy atom. The van der Waals surface area contributed by atoms with E-state index in [1.54, 1.807) is 6.92 Å². The number of unbranched alkanes of at least 4 members (excludes halogenated alkanes) is 2. The fourth-order valence-electron chi connectivity index (χ4n) is 1.42. The second kappa shape index (κ2) is 9.71. The van der Waals surface area contributed by atoms with Gasteiger partial charge < -0.3 is 4.74 Å². The third kappa shape index (κ3) is 7.75. The fourth-order valence-corrected chi connectivity index (χ4v) is 1.73. The van der Waals surface area contributed by atoms with E-state index < -0.39 is 0 Å². The highest BCUT2D eigenvalue weighted by atomic mass is 35.5. The van der Waals surface area contributed by atoms with Crippen LogP contribution in [0.5, 0.6) is 0 Å². The molecular formula is C13H23ClO2. The molecule has 2 nitrogen and oxygen atoms in total. The predicted octanol–water partition coefficient (Wildman–Crippen LogP) is 3.93. The molecule has 0 aromatic heterocycles. The molecule has 0 aromatic carbocycles. The zero-order valence-corrected chi connectivity index (χ0v) is 11.2. The van der Waals surface area contributed by atoms with Crippen molar-refractivity contribution in [2.75, 3.05) is 12.5 Å². The van der Waals surface area contributed by atoms with Gasteiger partial charge in [0.15, 0.2) is 0 Å². The average molecular weight is 247 g/mol. The monoisotopic (exact) mass is 246 g/mol. The first-order valence-corrected chi connectivity index (χ1v) is 6.53. The molecule has 0 radical (unpaired) electrons. The van der Waals surface area contributed by atoms with Gasteiger partial charge >= 0.3 is 5.97 Å². The maximum atomic E-state index is 11.1. The van der Waals surface area contributed by atoms with Crippen LogP contribution in [0.1, 0.15) is 46.0 Å². The van der Waals surface area contributed by atoms with Gasteiger partial charge in [0.25, 0.3) is 0 Å². The van der Waals surface area contributed by atoms with Crippen molar-refractivity contribution >= 4 is 17.6 Å². The SMILES string of the molecule is C=C(C)C(=O)OCCC(CCl)CCCCC. The summed E-state index contributed by atoms with van der Waals surface area (Å²) in [4.78, 5) is 11.1. The van der Waals surface area contributed by atoms with Gasteiger partial charge in [0.05, 0.1) is 6.61 Å². The fraction of sp³-hybridized carbons (Fsp3) is 0.769. The second-order valence-electron chi connectivity index (χ2n) is 4.22. The molecule has 0 bridgehead atoms. The van der Waals surface area contributed by atoms with Gasteiger partial charge in [0.1, 0.15) is 0 Å². The van der Waals surface area contributed by atoms with Gasteiger partial charge in [-0.05, 0) is 25.7 Å². The molecule has 0 aromatic rings. The van der Waals surface area contributed by atoms with Crippen LogP contribution in [0.15, 0.2) is 12.2 Å². The van der Waals surface area contributed by atoms with E-state index in [0.29, 0.717) is 24.0 Å². The van der Waals surface area contributed by atoms with Crippen molar-refractivity contribution in [1.82, 2.24) is 0 Å². The van der Waals surface area contributed by atoms with Gasteiger partial charge in [-0.3, -0.25) is 0 Å². The number of ether oxygens (including phenoxy) is 1. The zero-order chi connectivity index (χ0) is 12.4. The molecule has 0 aliphatic carbocycles. The Morgan fingerprint density at radius 3 is 2.56 bits per heavy atom. The van der Waals surface area contributed by atoms with Gasteiger partial charge in [-0.1, -0.05) is 32.8 Å². The van der Waals surface area contributed by atoms with Crippen LogP contribution >= 0.6 is 11.6 Å². The van der Waals surface area contributed by atoms with Gasteiger partial charge in [-0.25, -0.2) is 4.79 Å². The third-order valence-electron chi connectivity index (χ3n) is 2.54. The quantitative estimate of drug-likeness (QED) is 0.267. The van der Waals surface area contributed by atoms with Crippen LogP contribution in [0.2, 0.25) is 0 Å². The Hall–Kier alpha value is -0.500. The number of halogens is 1. The van der Waals surface area contributed by atoms with E-state index in [1.807, 2.05) is 0 Å². The van der Waals surface area contributed by atoms with Gasteiger partial charge in [0.2, 0.25) is 0 Å².